The van der Waals surface area contributed by atoms with Gasteiger partial charge in [0.25, 0.3) is 11.8 Å². The van der Waals surface area contributed by atoms with Gasteiger partial charge >= 0.3 is 0 Å². The number of carbonyl (C=O) groups is 3. The van der Waals surface area contributed by atoms with E-state index in [1.807, 2.05) is 0 Å². The fourth-order valence-electron chi connectivity index (χ4n) is 2.65. The van der Waals surface area contributed by atoms with Gasteiger partial charge in [0, 0.05) is 17.7 Å². The normalized spacial score (nSPS) is 10.2. The van der Waals surface area contributed by atoms with E-state index in [0.717, 1.165) is 0 Å². The molecular formula is C22H21N3O4. The highest BCUT2D eigenvalue weighted by Gasteiger charge is 2.15. The zero-order valence-corrected chi connectivity index (χ0v) is 15.9. The first-order chi connectivity index (χ1) is 14.1. The van der Waals surface area contributed by atoms with Crippen LogP contribution >= 0.6 is 0 Å². The van der Waals surface area contributed by atoms with Crippen LogP contribution in [-0.4, -0.2) is 17.7 Å². The first-order valence-corrected chi connectivity index (χ1v) is 9.17. The number of amides is 3. The number of para-hydroxylation sites is 1. The van der Waals surface area contributed by atoms with Gasteiger partial charge in [-0.1, -0.05) is 25.1 Å². The van der Waals surface area contributed by atoms with Gasteiger partial charge in [-0.25, -0.2) is 0 Å². The molecule has 0 aliphatic rings. The molecule has 148 valence electrons. The fourth-order valence-corrected chi connectivity index (χ4v) is 2.65. The fraction of sp³-hybridized carbons (Fsp3) is 0.136. The van der Waals surface area contributed by atoms with E-state index >= 15 is 0 Å². The summed E-state index contributed by atoms with van der Waals surface area (Å²) < 4.78 is 5.20. The van der Waals surface area contributed by atoms with Crippen molar-refractivity contribution in [3.63, 3.8) is 0 Å². The van der Waals surface area contributed by atoms with Crippen LogP contribution < -0.4 is 16.0 Å². The first-order valence-electron chi connectivity index (χ1n) is 9.17. The smallest absolute Gasteiger partial charge is 0.255 e. The van der Waals surface area contributed by atoms with Gasteiger partial charge in [-0.3, -0.25) is 14.4 Å². The van der Waals surface area contributed by atoms with Crippen LogP contribution in [0, 0.1) is 0 Å². The van der Waals surface area contributed by atoms with Crippen molar-refractivity contribution in [1.82, 2.24) is 5.32 Å². The molecule has 0 aliphatic carbocycles. The van der Waals surface area contributed by atoms with Gasteiger partial charge in [0.1, 0.15) is 5.76 Å². The van der Waals surface area contributed by atoms with Crippen LogP contribution in [0.15, 0.2) is 71.3 Å². The molecule has 29 heavy (non-hydrogen) atoms. The molecule has 1 aromatic heterocycles. The topological polar surface area (TPSA) is 100 Å². The third-order valence-corrected chi connectivity index (χ3v) is 4.15. The van der Waals surface area contributed by atoms with Crippen molar-refractivity contribution in [1.29, 1.82) is 0 Å². The molecule has 0 unspecified atom stereocenters. The third-order valence-electron chi connectivity index (χ3n) is 4.15. The van der Waals surface area contributed by atoms with E-state index in [4.69, 9.17) is 4.42 Å². The van der Waals surface area contributed by atoms with Crippen LogP contribution in [-0.2, 0) is 11.3 Å². The summed E-state index contributed by atoms with van der Waals surface area (Å²) in [6.45, 7) is 1.99. The summed E-state index contributed by atoms with van der Waals surface area (Å²) >= 11 is 0. The lowest BCUT2D eigenvalue weighted by Crippen LogP contribution is -2.24. The Morgan fingerprint density at radius 1 is 0.897 bits per heavy atom. The second-order valence-corrected chi connectivity index (χ2v) is 6.24. The minimum absolute atomic E-state index is 0.138. The van der Waals surface area contributed by atoms with Gasteiger partial charge < -0.3 is 20.4 Å². The zero-order valence-electron chi connectivity index (χ0n) is 15.9. The monoisotopic (exact) mass is 391 g/mol. The summed E-state index contributed by atoms with van der Waals surface area (Å²) in [5, 5.41) is 8.24. The average Bonchev–Trinajstić information content (AvgIpc) is 3.26. The number of anilines is 2. The predicted molar refractivity (Wildman–Crippen MR) is 110 cm³/mol. The summed E-state index contributed by atoms with van der Waals surface area (Å²) in [4.78, 5) is 36.8. The second-order valence-electron chi connectivity index (χ2n) is 6.24. The van der Waals surface area contributed by atoms with Crippen LogP contribution in [0.1, 0.15) is 39.8 Å². The third kappa shape index (κ3) is 5.32. The molecule has 0 fully saturated rings. The standard InChI is InChI=1S/C22H21N3O4/c1-2-20(26)24-16-8-5-7-15(13-16)21(27)25-19-11-4-3-10-18(19)22(28)23-14-17-9-6-12-29-17/h3-13H,2,14H2,1H3,(H,23,28)(H,24,26)(H,25,27). The Balaban J connectivity index is 1.71. The van der Waals surface area contributed by atoms with Gasteiger partial charge in [0.15, 0.2) is 0 Å². The predicted octanol–water partition coefficient (Wildman–Crippen LogP) is 3.81. The molecular weight excluding hydrogens is 370 g/mol. The lowest BCUT2D eigenvalue weighted by Gasteiger charge is -2.12. The Bertz CT molecular complexity index is 1010. The molecule has 0 radical (unpaired) electrons. The van der Waals surface area contributed by atoms with Crippen molar-refractivity contribution < 1.29 is 18.8 Å². The van der Waals surface area contributed by atoms with E-state index in [2.05, 4.69) is 16.0 Å². The molecule has 0 spiro atoms. The second kappa shape index (κ2) is 9.36. The van der Waals surface area contributed by atoms with Crippen LogP contribution in [0.3, 0.4) is 0 Å². The first kappa shape index (κ1) is 19.9. The van der Waals surface area contributed by atoms with Gasteiger partial charge in [-0.2, -0.15) is 0 Å². The summed E-state index contributed by atoms with van der Waals surface area (Å²) in [5.41, 5.74) is 1.62. The summed E-state index contributed by atoms with van der Waals surface area (Å²) in [6, 6.07) is 16.9. The molecule has 7 heteroatoms. The SMILES string of the molecule is CCC(=O)Nc1cccc(C(=O)Nc2ccccc2C(=O)NCc2ccco2)c1. The minimum atomic E-state index is -0.385. The highest BCUT2D eigenvalue weighted by molar-refractivity contribution is 6.09. The van der Waals surface area contributed by atoms with Crippen LogP contribution in [0.2, 0.25) is 0 Å². The molecule has 2 aromatic carbocycles. The zero-order chi connectivity index (χ0) is 20.6. The van der Waals surface area contributed by atoms with E-state index in [9.17, 15) is 14.4 Å². The van der Waals surface area contributed by atoms with Gasteiger partial charge in [-0.05, 0) is 42.5 Å². The van der Waals surface area contributed by atoms with Crippen molar-refractivity contribution in [2.24, 2.45) is 0 Å². The molecule has 1 heterocycles. The van der Waals surface area contributed by atoms with E-state index in [1.165, 1.54) is 6.26 Å². The average molecular weight is 391 g/mol. The maximum Gasteiger partial charge on any atom is 0.255 e. The number of carbonyl (C=O) groups excluding carboxylic acids is 3. The number of benzene rings is 2. The summed E-state index contributed by atoms with van der Waals surface area (Å²) in [6.07, 6.45) is 1.88. The van der Waals surface area contributed by atoms with E-state index < -0.39 is 0 Å². The van der Waals surface area contributed by atoms with Crippen LogP contribution in [0.4, 0.5) is 11.4 Å². The Kier molecular flexibility index (Phi) is 6.42. The highest BCUT2D eigenvalue weighted by Crippen LogP contribution is 2.18. The van der Waals surface area contributed by atoms with Crippen molar-refractivity contribution in [3.05, 3.63) is 83.8 Å². The Morgan fingerprint density at radius 3 is 2.48 bits per heavy atom. The molecule has 3 aromatic rings. The van der Waals surface area contributed by atoms with E-state index in [1.54, 1.807) is 67.6 Å². The molecule has 0 aliphatic heterocycles. The highest BCUT2D eigenvalue weighted by atomic mass is 16.3. The minimum Gasteiger partial charge on any atom is -0.467 e. The molecule has 3 N–H and O–H groups in total. The number of hydrogen-bond acceptors (Lipinski definition) is 4. The van der Waals surface area contributed by atoms with Gasteiger partial charge in [0.05, 0.1) is 24.1 Å². The lowest BCUT2D eigenvalue weighted by atomic mass is 10.1. The lowest BCUT2D eigenvalue weighted by molar-refractivity contribution is -0.115. The number of furan rings is 1. The van der Waals surface area contributed by atoms with E-state index in [0.29, 0.717) is 34.7 Å². The van der Waals surface area contributed by atoms with Crippen LogP contribution in [0.25, 0.3) is 0 Å². The Hall–Kier alpha value is -3.87. The largest absolute Gasteiger partial charge is 0.467 e. The van der Waals surface area contributed by atoms with Gasteiger partial charge in [-0.15, -0.1) is 0 Å². The summed E-state index contributed by atoms with van der Waals surface area (Å²) in [7, 11) is 0. The van der Waals surface area contributed by atoms with Crippen LogP contribution in [0.5, 0.6) is 0 Å². The Morgan fingerprint density at radius 2 is 1.72 bits per heavy atom. The van der Waals surface area contributed by atoms with Crippen molar-refractivity contribution in [2.45, 2.75) is 19.9 Å². The molecule has 0 saturated heterocycles. The van der Waals surface area contributed by atoms with E-state index in [-0.39, 0.29) is 24.3 Å². The van der Waals surface area contributed by atoms with Gasteiger partial charge in [0.2, 0.25) is 5.91 Å². The number of rotatable bonds is 7. The van der Waals surface area contributed by atoms with Crippen molar-refractivity contribution in [2.75, 3.05) is 10.6 Å². The molecule has 0 atom stereocenters. The molecule has 0 saturated carbocycles. The summed E-state index contributed by atoms with van der Waals surface area (Å²) in [5.74, 6) is -0.225. The van der Waals surface area contributed by atoms with Crippen molar-refractivity contribution >= 4 is 29.1 Å². The maximum absolute atomic E-state index is 12.7. The number of nitrogens with one attached hydrogen (secondary N) is 3. The Labute approximate surface area is 168 Å². The van der Waals surface area contributed by atoms with Crippen molar-refractivity contribution in [3.8, 4) is 0 Å². The molecule has 0 bridgehead atoms. The molecule has 3 amide bonds. The molecule has 7 nitrogen and oxygen atoms in total. The molecule has 3 rings (SSSR count). The number of hydrogen-bond donors (Lipinski definition) is 3. The quantitative estimate of drug-likeness (QED) is 0.570. The maximum atomic E-state index is 12.7.